The van der Waals surface area contributed by atoms with Gasteiger partial charge in [-0.15, -0.1) is 22.7 Å². The van der Waals surface area contributed by atoms with Crippen molar-refractivity contribution in [3.8, 4) is 0 Å². The largest absolute Gasteiger partial charge is 0.351 e. The van der Waals surface area contributed by atoms with Crippen LogP contribution in [0.15, 0.2) is 17.5 Å². The summed E-state index contributed by atoms with van der Waals surface area (Å²) in [7, 11) is 0. The molecule has 1 fully saturated rings. The van der Waals surface area contributed by atoms with E-state index in [1.165, 1.54) is 9.40 Å². The number of carbonyl (C=O) groups is 1. The predicted octanol–water partition coefficient (Wildman–Crippen LogP) is 1.99. The molecule has 108 valence electrons. The second-order valence-corrected chi connectivity index (χ2v) is 6.99. The Kier molecular flexibility index (Phi) is 4.67. The maximum atomic E-state index is 12.0. The number of nitrogens with zero attached hydrogens (tertiary/aromatic N) is 1. The quantitative estimate of drug-likeness (QED) is 0.830. The molecule has 2 aromatic rings. The third kappa shape index (κ3) is 3.38. The fourth-order valence-electron chi connectivity index (χ4n) is 2.40. The second-order valence-electron chi connectivity index (χ2n) is 4.96. The minimum Gasteiger partial charge on any atom is -0.351 e. The topological polar surface area (TPSA) is 44.4 Å². The van der Waals surface area contributed by atoms with E-state index in [1.54, 1.807) is 22.7 Å². The molecular formula is C14H19N3OS2. The van der Waals surface area contributed by atoms with E-state index in [9.17, 15) is 4.79 Å². The molecule has 0 atom stereocenters. The van der Waals surface area contributed by atoms with Crippen LogP contribution in [0.25, 0.3) is 9.40 Å². The Labute approximate surface area is 126 Å². The predicted molar refractivity (Wildman–Crippen MR) is 86.0 cm³/mol. The van der Waals surface area contributed by atoms with Crippen LogP contribution in [0.4, 0.5) is 0 Å². The van der Waals surface area contributed by atoms with Crippen LogP contribution in [-0.2, 0) is 0 Å². The zero-order chi connectivity index (χ0) is 13.8. The summed E-state index contributed by atoms with van der Waals surface area (Å²) in [4.78, 5) is 15.3. The molecule has 20 heavy (non-hydrogen) atoms. The molecular weight excluding hydrogens is 290 g/mol. The van der Waals surface area contributed by atoms with Gasteiger partial charge in [-0.1, -0.05) is 0 Å². The van der Waals surface area contributed by atoms with Gasteiger partial charge < -0.3 is 15.5 Å². The van der Waals surface area contributed by atoms with Crippen molar-refractivity contribution in [2.24, 2.45) is 0 Å². The summed E-state index contributed by atoms with van der Waals surface area (Å²) in [6, 6.07) is 4.07. The van der Waals surface area contributed by atoms with Gasteiger partial charge in [-0.2, -0.15) is 0 Å². The third-order valence-electron chi connectivity index (χ3n) is 3.51. The van der Waals surface area contributed by atoms with Crippen LogP contribution in [0.5, 0.6) is 0 Å². The molecule has 0 bridgehead atoms. The molecule has 1 aliphatic rings. The van der Waals surface area contributed by atoms with E-state index in [4.69, 9.17) is 0 Å². The van der Waals surface area contributed by atoms with Gasteiger partial charge in [-0.05, 0) is 30.5 Å². The average Bonchev–Trinajstić information content (AvgIpc) is 3.05. The molecule has 0 radical (unpaired) electrons. The molecule has 0 saturated carbocycles. The Balaban J connectivity index is 1.41. The van der Waals surface area contributed by atoms with Gasteiger partial charge in [0.15, 0.2) is 0 Å². The molecule has 0 unspecified atom stereocenters. The zero-order valence-corrected chi connectivity index (χ0v) is 13.0. The van der Waals surface area contributed by atoms with E-state index in [-0.39, 0.29) is 5.91 Å². The number of thiophene rings is 2. The number of rotatable bonds is 5. The number of carbonyl (C=O) groups excluding carboxylic acids is 1. The molecule has 2 N–H and O–H groups in total. The maximum Gasteiger partial charge on any atom is 0.261 e. The van der Waals surface area contributed by atoms with E-state index >= 15 is 0 Å². The molecule has 0 spiro atoms. The number of amides is 1. The summed E-state index contributed by atoms with van der Waals surface area (Å²) in [5.74, 6) is 0.0683. The highest BCUT2D eigenvalue weighted by Crippen LogP contribution is 2.29. The molecule has 0 aliphatic carbocycles. The number of hydrogen-bond donors (Lipinski definition) is 2. The summed E-state index contributed by atoms with van der Waals surface area (Å²) in [5.41, 5.74) is 0. The summed E-state index contributed by atoms with van der Waals surface area (Å²) >= 11 is 3.27. The summed E-state index contributed by atoms with van der Waals surface area (Å²) in [6.07, 6.45) is 1.02. The molecule has 3 rings (SSSR count). The van der Waals surface area contributed by atoms with Gasteiger partial charge in [0.25, 0.3) is 5.91 Å². The van der Waals surface area contributed by atoms with Crippen LogP contribution in [0.3, 0.4) is 0 Å². The van der Waals surface area contributed by atoms with Crippen LogP contribution in [0, 0.1) is 0 Å². The Morgan fingerprint density at radius 2 is 2.20 bits per heavy atom. The van der Waals surface area contributed by atoms with Crippen LogP contribution in [0.2, 0.25) is 0 Å². The summed E-state index contributed by atoms with van der Waals surface area (Å²) in [6.45, 7) is 6.23. The Hall–Kier alpha value is -0.950. The Morgan fingerprint density at radius 3 is 3.00 bits per heavy atom. The molecule has 6 heteroatoms. The monoisotopic (exact) mass is 309 g/mol. The Bertz CT molecular complexity index is 543. The molecule has 2 aromatic heterocycles. The summed E-state index contributed by atoms with van der Waals surface area (Å²) < 4.78 is 2.42. The van der Waals surface area contributed by atoms with Crippen molar-refractivity contribution >= 4 is 38.0 Å². The standard InChI is InChI=1S/C14H19N3OS2/c18-14(13-10-12-11(20-13)2-9-19-12)16-3-1-6-17-7-4-15-5-8-17/h2,9-10,15H,1,3-8H2,(H,16,18). The van der Waals surface area contributed by atoms with E-state index < -0.39 is 0 Å². The van der Waals surface area contributed by atoms with Crippen molar-refractivity contribution in [3.05, 3.63) is 22.4 Å². The van der Waals surface area contributed by atoms with Crippen LogP contribution in [-0.4, -0.2) is 50.1 Å². The summed E-state index contributed by atoms with van der Waals surface area (Å²) in [5, 5.41) is 8.43. The highest BCUT2D eigenvalue weighted by molar-refractivity contribution is 7.27. The van der Waals surface area contributed by atoms with E-state index in [0.29, 0.717) is 0 Å². The van der Waals surface area contributed by atoms with Gasteiger partial charge in [0, 0.05) is 42.1 Å². The van der Waals surface area contributed by atoms with Crippen molar-refractivity contribution in [2.75, 3.05) is 39.3 Å². The second kappa shape index (κ2) is 6.67. The first kappa shape index (κ1) is 14.0. The zero-order valence-electron chi connectivity index (χ0n) is 11.4. The first-order chi connectivity index (χ1) is 9.83. The number of fused-ring (bicyclic) bond motifs is 1. The lowest BCUT2D eigenvalue weighted by Gasteiger charge is -2.27. The average molecular weight is 309 g/mol. The third-order valence-corrected chi connectivity index (χ3v) is 5.60. The van der Waals surface area contributed by atoms with Gasteiger partial charge in [0.05, 0.1) is 4.88 Å². The van der Waals surface area contributed by atoms with Crippen LogP contribution < -0.4 is 10.6 Å². The maximum absolute atomic E-state index is 12.0. The highest BCUT2D eigenvalue weighted by atomic mass is 32.1. The molecule has 3 heterocycles. The lowest BCUT2D eigenvalue weighted by molar-refractivity contribution is 0.0955. The van der Waals surface area contributed by atoms with Crippen LogP contribution >= 0.6 is 22.7 Å². The fraction of sp³-hybridized carbons (Fsp3) is 0.500. The van der Waals surface area contributed by atoms with Crippen molar-refractivity contribution < 1.29 is 4.79 Å². The first-order valence-corrected chi connectivity index (χ1v) is 8.71. The van der Waals surface area contributed by atoms with Crippen molar-refractivity contribution in [1.29, 1.82) is 0 Å². The first-order valence-electron chi connectivity index (χ1n) is 7.01. The van der Waals surface area contributed by atoms with E-state index in [2.05, 4.69) is 27.0 Å². The highest BCUT2D eigenvalue weighted by Gasteiger charge is 2.11. The minimum absolute atomic E-state index is 0.0683. The minimum atomic E-state index is 0.0683. The SMILES string of the molecule is O=C(NCCCN1CCNCC1)c1cc2sccc2s1. The van der Waals surface area contributed by atoms with Crippen molar-refractivity contribution in [1.82, 2.24) is 15.5 Å². The molecule has 0 aromatic carbocycles. The lowest BCUT2D eigenvalue weighted by Crippen LogP contribution is -2.44. The van der Waals surface area contributed by atoms with Gasteiger partial charge in [0.1, 0.15) is 0 Å². The van der Waals surface area contributed by atoms with Gasteiger partial charge in [-0.3, -0.25) is 4.79 Å². The van der Waals surface area contributed by atoms with Gasteiger partial charge >= 0.3 is 0 Å². The Morgan fingerprint density at radius 1 is 1.35 bits per heavy atom. The van der Waals surface area contributed by atoms with Crippen molar-refractivity contribution in [3.63, 3.8) is 0 Å². The molecule has 1 saturated heterocycles. The van der Waals surface area contributed by atoms with E-state index in [1.807, 2.05) is 6.07 Å². The van der Waals surface area contributed by atoms with Crippen molar-refractivity contribution in [2.45, 2.75) is 6.42 Å². The number of nitrogens with one attached hydrogen (secondary N) is 2. The van der Waals surface area contributed by atoms with Gasteiger partial charge in [-0.25, -0.2) is 0 Å². The van der Waals surface area contributed by atoms with E-state index in [0.717, 1.165) is 50.6 Å². The fourth-order valence-corrected chi connectivity index (χ4v) is 4.43. The number of piperazine rings is 1. The van der Waals surface area contributed by atoms with Gasteiger partial charge in [0.2, 0.25) is 0 Å². The van der Waals surface area contributed by atoms with Crippen LogP contribution in [0.1, 0.15) is 16.1 Å². The molecule has 4 nitrogen and oxygen atoms in total. The number of hydrogen-bond acceptors (Lipinski definition) is 5. The smallest absolute Gasteiger partial charge is 0.261 e. The lowest BCUT2D eigenvalue weighted by atomic mass is 10.3. The molecule has 1 amide bonds. The normalized spacial score (nSPS) is 16.6. The molecule has 1 aliphatic heterocycles.